The van der Waals surface area contributed by atoms with Crippen LogP contribution in [0, 0.1) is 0 Å². The number of rotatable bonds is 4. The molecule has 2 rings (SSSR count). The van der Waals surface area contributed by atoms with Crippen LogP contribution >= 0.6 is 0 Å². The number of hydrogen-bond donors (Lipinski definition) is 2. The standard InChI is InChI=1S/C14H14F3N5O/c1-22(2)11-5-3-4-9(6-11)13(23)21-18-8-10-7-12(20-19-10)14(15,16)17/h3-8H,1-2H3,(H,19,20)(H,21,23)/b18-8+. The Morgan fingerprint density at radius 3 is 2.70 bits per heavy atom. The molecule has 9 heteroatoms. The van der Waals surface area contributed by atoms with Gasteiger partial charge in [0.1, 0.15) is 11.4 Å². The average molecular weight is 325 g/mol. The summed E-state index contributed by atoms with van der Waals surface area (Å²) in [7, 11) is 3.68. The average Bonchev–Trinajstić information content (AvgIpc) is 2.96. The summed E-state index contributed by atoms with van der Waals surface area (Å²) in [5, 5.41) is 8.89. The Balaban J connectivity index is 2.01. The van der Waals surface area contributed by atoms with Gasteiger partial charge in [0.25, 0.3) is 5.91 Å². The highest BCUT2D eigenvalue weighted by atomic mass is 19.4. The van der Waals surface area contributed by atoms with Gasteiger partial charge in [-0.3, -0.25) is 9.89 Å². The summed E-state index contributed by atoms with van der Waals surface area (Å²) in [5.41, 5.74) is 2.43. The summed E-state index contributed by atoms with van der Waals surface area (Å²) in [6.45, 7) is 0. The van der Waals surface area contributed by atoms with Gasteiger partial charge in [0.05, 0.1) is 6.21 Å². The molecule has 1 aromatic heterocycles. The van der Waals surface area contributed by atoms with E-state index in [-0.39, 0.29) is 5.69 Å². The minimum absolute atomic E-state index is 0.0420. The second kappa shape index (κ2) is 6.51. The van der Waals surface area contributed by atoms with E-state index in [0.29, 0.717) is 5.56 Å². The molecule has 6 nitrogen and oxygen atoms in total. The van der Waals surface area contributed by atoms with E-state index in [0.717, 1.165) is 18.0 Å². The molecule has 0 radical (unpaired) electrons. The first-order valence-corrected chi connectivity index (χ1v) is 6.51. The number of aromatic nitrogens is 2. The van der Waals surface area contributed by atoms with Gasteiger partial charge in [0.15, 0.2) is 0 Å². The zero-order valence-corrected chi connectivity index (χ0v) is 12.3. The summed E-state index contributed by atoms with van der Waals surface area (Å²) in [6, 6.07) is 7.62. The first kappa shape index (κ1) is 16.5. The van der Waals surface area contributed by atoms with Crippen molar-refractivity contribution in [1.82, 2.24) is 15.6 Å². The van der Waals surface area contributed by atoms with Crippen LogP contribution in [0.5, 0.6) is 0 Å². The van der Waals surface area contributed by atoms with Gasteiger partial charge in [-0.2, -0.15) is 23.4 Å². The molecule has 0 bridgehead atoms. The second-order valence-corrected chi connectivity index (χ2v) is 4.85. The number of halogens is 3. The third-order valence-corrected chi connectivity index (χ3v) is 2.89. The summed E-state index contributed by atoms with van der Waals surface area (Å²) in [6.07, 6.45) is -3.48. The molecule has 122 valence electrons. The van der Waals surface area contributed by atoms with E-state index in [1.807, 2.05) is 30.2 Å². The molecule has 0 aliphatic heterocycles. The van der Waals surface area contributed by atoms with Crippen molar-refractivity contribution in [3.05, 3.63) is 47.3 Å². The lowest BCUT2D eigenvalue weighted by atomic mass is 10.2. The minimum Gasteiger partial charge on any atom is -0.378 e. The van der Waals surface area contributed by atoms with Crippen LogP contribution < -0.4 is 10.3 Å². The zero-order valence-electron chi connectivity index (χ0n) is 12.3. The molecule has 2 aromatic rings. The number of hydrogen-bond acceptors (Lipinski definition) is 4. The number of anilines is 1. The molecular weight excluding hydrogens is 311 g/mol. The van der Waals surface area contributed by atoms with Gasteiger partial charge in [0.2, 0.25) is 0 Å². The summed E-state index contributed by atoms with van der Waals surface area (Å²) < 4.78 is 37.2. The monoisotopic (exact) mass is 325 g/mol. The van der Waals surface area contributed by atoms with Crippen LogP contribution in [0.15, 0.2) is 35.4 Å². The number of carbonyl (C=O) groups excluding carboxylic acids is 1. The van der Waals surface area contributed by atoms with Crippen molar-refractivity contribution in [2.24, 2.45) is 5.10 Å². The Kier molecular flexibility index (Phi) is 4.68. The third-order valence-electron chi connectivity index (χ3n) is 2.89. The molecule has 0 aliphatic carbocycles. The number of aromatic amines is 1. The number of carbonyl (C=O) groups is 1. The summed E-state index contributed by atoms with van der Waals surface area (Å²) in [4.78, 5) is 13.8. The molecule has 0 aliphatic rings. The van der Waals surface area contributed by atoms with Gasteiger partial charge < -0.3 is 4.90 Å². The van der Waals surface area contributed by atoms with Gasteiger partial charge in [0, 0.05) is 25.3 Å². The van der Waals surface area contributed by atoms with Crippen molar-refractivity contribution in [3.8, 4) is 0 Å². The number of H-pyrrole nitrogens is 1. The second-order valence-electron chi connectivity index (χ2n) is 4.85. The molecule has 0 fully saturated rings. The first-order valence-electron chi connectivity index (χ1n) is 6.51. The van der Waals surface area contributed by atoms with E-state index >= 15 is 0 Å². The van der Waals surface area contributed by atoms with Gasteiger partial charge in [-0.25, -0.2) is 5.43 Å². The van der Waals surface area contributed by atoms with Crippen molar-refractivity contribution in [2.75, 3.05) is 19.0 Å². The van der Waals surface area contributed by atoms with Crippen molar-refractivity contribution < 1.29 is 18.0 Å². The fraction of sp³-hybridized carbons (Fsp3) is 0.214. The number of hydrazone groups is 1. The van der Waals surface area contributed by atoms with Crippen LogP contribution in [0.1, 0.15) is 21.7 Å². The maximum absolute atomic E-state index is 12.4. The van der Waals surface area contributed by atoms with Crippen LogP contribution in [0.25, 0.3) is 0 Å². The molecule has 0 saturated heterocycles. The minimum atomic E-state index is -4.51. The van der Waals surface area contributed by atoms with Gasteiger partial charge in [-0.1, -0.05) is 6.07 Å². The Bertz CT molecular complexity index is 721. The smallest absolute Gasteiger partial charge is 0.378 e. The molecule has 1 amide bonds. The highest BCUT2D eigenvalue weighted by Gasteiger charge is 2.32. The lowest BCUT2D eigenvalue weighted by molar-refractivity contribution is -0.141. The maximum Gasteiger partial charge on any atom is 0.432 e. The highest BCUT2D eigenvalue weighted by Crippen LogP contribution is 2.27. The SMILES string of the molecule is CN(C)c1cccc(C(=O)N/N=C/c2cc(C(F)(F)F)[nH]n2)c1. The topological polar surface area (TPSA) is 73.4 Å². The largest absolute Gasteiger partial charge is 0.432 e. The predicted octanol–water partition coefficient (Wildman–Crippen LogP) is 2.26. The first-order chi connectivity index (χ1) is 10.8. The van der Waals surface area contributed by atoms with Crippen molar-refractivity contribution in [1.29, 1.82) is 0 Å². The molecule has 1 heterocycles. The van der Waals surface area contributed by atoms with Crippen molar-refractivity contribution in [3.63, 3.8) is 0 Å². The quantitative estimate of drug-likeness (QED) is 0.669. The highest BCUT2D eigenvalue weighted by molar-refractivity contribution is 5.95. The molecule has 0 spiro atoms. The fourth-order valence-corrected chi connectivity index (χ4v) is 1.70. The van der Waals surface area contributed by atoms with Crippen molar-refractivity contribution >= 4 is 17.8 Å². The van der Waals surface area contributed by atoms with Gasteiger partial charge in [-0.15, -0.1) is 0 Å². The van der Waals surface area contributed by atoms with E-state index in [1.165, 1.54) is 0 Å². The number of alkyl halides is 3. The van der Waals surface area contributed by atoms with Gasteiger partial charge in [-0.05, 0) is 24.3 Å². The molecule has 0 unspecified atom stereocenters. The Hall–Kier alpha value is -2.84. The predicted molar refractivity (Wildman–Crippen MR) is 79.4 cm³/mol. The van der Waals surface area contributed by atoms with Crippen LogP contribution in [0.3, 0.4) is 0 Å². The number of nitrogens with one attached hydrogen (secondary N) is 2. The van der Waals surface area contributed by atoms with E-state index in [1.54, 1.807) is 18.2 Å². The normalized spacial score (nSPS) is 11.7. The fourth-order valence-electron chi connectivity index (χ4n) is 1.70. The van der Waals surface area contributed by atoms with E-state index in [4.69, 9.17) is 0 Å². The molecule has 2 N–H and O–H groups in total. The molecule has 0 atom stereocenters. The lowest BCUT2D eigenvalue weighted by Crippen LogP contribution is -2.18. The molecule has 0 saturated carbocycles. The van der Waals surface area contributed by atoms with E-state index < -0.39 is 17.8 Å². The lowest BCUT2D eigenvalue weighted by Gasteiger charge is -2.12. The molecule has 23 heavy (non-hydrogen) atoms. The van der Waals surface area contributed by atoms with E-state index in [9.17, 15) is 18.0 Å². The van der Waals surface area contributed by atoms with Crippen LogP contribution in [0.2, 0.25) is 0 Å². The maximum atomic E-state index is 12.4. The number of benzene rings is 1. The van der Waals surface area contributed by atoms with Gasteiger partial charge >= 0.3 is 6.18 Å². The van der Waals surface area contributed by atoms with Crippen LogP contribution in [-0.2, 0) is 6.18 Å². The summed E-state index contributed by atoms with van der Waals surface area (Å²) in [5.74, 6) is -0.475. The van der Waals surface area contributed by atoms with E-state index in [2.05, 4.69) is 15.6 Å². The van der Waals surface area contributed by atoms with Crippen LogP contribution in [0.4, 0.5) is 18.9 Å². The summed E-state index contributed by atoms with van der Waals surface area (Å²) >= 11 is 0. The number of nitrogens with zero attached hydrogens (tertiary/aromatic N) is 3. The third kappa shape index (κ3) is 4.31. The molecule has 1 aromatic carbocycles. The Morgan fingerprint density at radius 2 is 2.09 bits per heavy atom. The zero-order chi connectivity index (χ0) is 17.0. The molecular formula is C14H14F3N5O. The van der Waals surface area contributed by atoms with Crippen LogP contribution in [-0.4, -0.2) is 36.4 Å². The number of amides is 1. The van der Waals surface area contributed by atoms with Crippen molar-refractivity contribution in [2.45, 2.75) is 6.18 Å². The Morgan fingerprint density at radius 1 is 1.35 bits per heavy atom. The Labute approximate surface area is 130 Å².